The molecule has 1 atom stereocenters. The maximum Gasteiger partial charge on any atom is 0.416 e. The predicted molar refractivity (Wildman–Crippen MR) is 147 cm³/mol. The number of hydrogen-bond acceptors (Lipinski definition) is 3. The number of aliphatic carboxylic acids is 1. The van der Waals surface area contributed by atoms with Gasteiger partial charge in [0.05, 0.1) is 18.6 Å². The molecule has 0 spiro atoms. The summed E-state index contributed by atoms with van der Waals surface area (Å²) >= 11 is 0. The summed E-state index contributed by atoms with van der Waals surface area (Å²) in [5.41, 5.74) is 4.27. The van der Waals surface area contributed by atoms with Gasteiger partial charge < -0.3 is 9.84 Å². The fraction of sp³-hybridized carbons (Fsp3) is 0.344. The topological polar surface area (TPSA) is 49.8 Å². The molecular formula is C32H34F3NO3. The SMILES string of the molecule is Cc1c(CN(CCC2=Cc3cc(CC(=O)O)ccc3OCC2)CC(C)c2ccccc2)cccc1C(F)(F)F. The molecular weight excluding hydrogens is 503 g/mol. The van der Waals surface area contributed by atoms with Crippen LogP contribution in [0, 0.1) is 6.92 Å². The van der Waals surface area contributed by atoms with E-state index in [4.69, 9.17) is 9.84 Å². The second kappa shape index (κ2) is 12.5. The number of halogens is 3. The standard InChI is InChI=1S/C32H34F3NO3/c1-22(26-7-4-3-5-8-26)20-36(21-27-9-6-10-29(23(27)2)32(33,34)35)15-13-24-14-16-39-30-12-11-25(19-31(37)38)18-28(30)17-24/h3-12,17-18,22H,13-16,19-21H2,1-2H3,(H,37,38). The molecule has 0 aliphatic carbocycles. The Morgan fingerprint density at radius 1 is 1.08 bits per heavy atom. The highest BCUT2D eigenvalue weighted by Gasteiger charge is 2.33. The lowest BCUT2D eigenvalue weighted by molar-refractivity contribution is -0.138. The number of hydrogen-bond donors (Lipinski definition) is 1. The van der Waals surface area contributed by atoms with E-state index in [1.807, 2.05) is 30.3 Å². The van der Waals surface area contributed by atoms with Crippen molar-refractivity contribution < 1.29 is 27.8 Å². The fourth-order valence-corrected chi connectivity index (χ4v) is 5.12. The van der Waals surface area contributed by atoms with Crippen molar-refractivity contribution >= 4 is 12.0 Å². The van der Waals surface area contributed by atoms with E-state index in [0.717, 1.165) is 30.2 Å². The van der Waals surface area contributed by atoms with E-state index in [1.54, 1.807) is 19.1 Å². The summed E-state index contributed by atoms with van der Waals surface area (Å²) in [4.78, 5) is 13.4. The molecule has 39 heavy (non-hydrogen) atoms. The van der Waals surface area contributed by atoms with Crippen LogP contribution in [-0.2, 0) is 23.9 Å². The Balaban J connectivity index is 1.56. The van der Waals surface area contributed by atoms with Gasteiger partial charge in [-0.2, -0.15) is 13.2 Å². The molecule has 0 saturated carbocycles. The maximum absolute atomic E-state index is 13.6. The number of rotatable bonds is 10. The van der Waals surface area contributed by atoms with Gasteiger partial charge in [0.15, 0.2) is 0 Å². The molecule has 0 bridgehead atoms. The highest BCUT2D eigenvalue weighted by Crippen LogP contribution is 2.34. The normalized spacial score (nSPS) is 14.3. The molecule has 0 aromatic heterocycles. The summed E-state index contributed by atoms with van der Waals surface area (Å²) in [6, 6.07) is 20.0. The maximum atomic E-state index is 13.6. The van der Waals surface area contributed by atoms with E-state index >= 15 is 0 Å². The summed E-state index contributed by atoms with van der Waals surface area (Å²) < 4.78 is 46.6. The summed E-state index contributed by atoms with van der Waals surface area (Å²) in [6.07, 6.45) is -0.917. The van der Waals surface area contributed by atoms with Gasteiger partial charge in [-0.05, 0) is 59.7 Å². The summed E-state index contributed by atoms with van der Waals surface area (Å²) in [7, 11) is 0. The average molecular weight is 538 g/mol. The third kappa shape index (κ3) is 7.73. The minimum absolute atomic E-state index is 0.0576. The van der Waals surface area contributed by atoms with Crippen LogP contribution in [0.15, 0.2) is 72.3 Å². The quantitative estimate of drug-likeness (QED) is 0.291. The molecule has 4 nitrogen and oxygen atoms in total. The molecule has 1 aliphatic rings. The lowest BCUT2D eigenvalue weighted by atomic mass is 9.98. The molecule has 0 amide bonds. The third-order valence-electron chi connectivity index (χ3n) is 7.27. The number of alkyl halides is 3. The molecule has 206 valence electrons. The predicted octanol–water partition coefficient (Wildman–Crippen LogP) is 7.50. The van der Waals surface area contributed by atoms with Gasteiger partial charge in [-0.1, -0.05) is 67.1 Å². The van der Waals surface area contributed by atoms with Crippen LogP contribution in [0.1, 0.15) is 59.1 Å². The molecule has 1 unspecified atom stereocenters. The number of fused-ring (bicyclic) bond motifs is 1. The number of carbonyl (C=O) groups is 1. The first-order chi connectivity index (χ1) is 18.6. The number of nitrogens with zero attached hydrogens (tertiary/aromatic N) is 1. The van der Waals surface area contributed by atoms with Crippen molar-refractivity contribution in [1.29, 1.82) is 0 Å². The van der Waals surface area contributed by atoms with Crippen LogP contribution in [-0.4, -0.2) is 35.7 Å². The largest absolute Gasteiger partial charge is 0.493 e. The number of ether oxygens (including phenoxy) is 1. The summed E-state index contributed by atoms with van der Waals surface area (Å²) in [6.45, 7) is 5.99. The monoisotopic (exact) mass is 537 g/mol. The zero-order chi connectivity index (χ0) is 28.0. The minimum atomic E-state index is -4.39. The highest BCUT2D eigenvalue weighted by molar-refractivity contribution is 5.71. The highest BCUT2D eigenvalue weighted by atomic mass is 19.4. The van der Waals surface area contributed by atoms with Gasteiger partial charge in [-0.25, -0.2) is 0 Å². The fourth-order valence-electron chi connectivity index (χ4n) is 5.12. The molecule has 1 heterocycles. The summed E-state index contributed by atoms with van der Waals surface area (Å²) in [5, 5.41) is 9.17. The molecule has 1 N–H and O–H groups in total. The Bertz CT molecular complexity index is 1320. The number of carboxylic acids is 1. The smallest absolute Gasteiger partial charge is 0.416 e. The van der Waals surface area contributed by atoms with E-state index < -0.39 is 17.7 Å². The van der Waals surface area contributed by atoms with Crippen molar-refractivity contribution in [2.75, 3.05) is 19.7 Å². The second-order valence-corrected chi connectivity index (χ2v) is 10.2. The lowest BCUT2D eigenvalue weighted by Gasteiger charge is -2.28. The molecule has 1 aliphatic heterocycles. The van der Waals surface area contributed by atoms with Crippen LogP contribution in [0.25, 0.3) is 6.08 Å². The Labute approximate surface area is 227 Å². The van der Waals surface area contributed by atoms with Crippen LogP contribution in [0.2, 0.25) is 0 Å². The van der Waals surface area contributed by atoms with Crippen LogP contribution in [0.3, 0.4) is 0 Å². The van der Waals surface area contributed by atoms with Gasteiger partial charge in [0.1, 0.15) is 5.75 Å². The van der Waals surface area contributed by atoms with Gasteiger partial charge in [0.25, 0.3) is 0 Å². The Morgan fingerprint density at radius 2 is 1.85 bits per heavy atom. The summed E-state index contributed by atoms with van der Waals surface area (Å²) in [5.74, 6) is 0.0399. The molecule has 7 heteroatoms. The number of carboxylic acid groups (broad SMARTS) is 1. The minimum Gasteiger partial charge on any atom is -0.493 e. The molecule has 4 rings (SSSR count). The van der Waals surface area contributed by atoms with Crippen molar-refractivity contribution in [2.45, 2.75) is 51.7 Å². The Morgan fingerprint density at radius 3 is 2.56 bits per heavy atom. The molecule has 0 fully saturated rings. The lowest BCUT2D eigenvalue weighted by Crippen LogP contribution is -2.29. The molecule has 0 radical (unpaired) electrons. The van der Waals surface area contributed by atoms with Gasteiger partial charge in [0.2, 0.25) is 0 Å². The average Bonchev–Trinajstić information content (AvgIpc) is 3.09. The molecule has 3 aromatic rings. The van der Waals surface area contributed by atoms with Crippen LogP contribution < -0.4 is 4.74 Å². The van der Waals surface area contributed by atoms with E-state index in [-0.39, 0.29) is 17.9 Å². The molecule has 3 aromatic carbocycles. The third-order valence-corrected chi connectivity index (χ3v) is 7.27. The van der Waals surface area contributed by atoms with Gasteiger partial charge in [-0.15, -0.1) is 0 Å². The first-order valence-corrected chi connectivity index (χ1v) is 13.2. The van der Waals surface area contributed by atoms with Gasteiger partial charge in [0, 0.05) is 31.6 Å². The van der Waals surface area contributed by atoms with E-state index in [2.05, 4.69) is 30.0 Å². The van der Waals surface area contributed by atoms with E-state index in [1.165, 1.54) is 17.2 Å². The van der Waals surface area contributed by atoms with Crippen LogP contribution in [0.5, 0.6) is 5.75 Å². The Kier molecular flexibility index (Phi) is 9.12. The molecule has 0 saturated heterocycles. The van der Waals surface area contributed by atoms with Crippen molar-refractivity contribution in [3.8, 4) is 5.75 Å². The second-order valence-electron chi connectivity index (χ2n) is 10.2. The van der Waals surface area contributed by atoms with Crippen molar-refractivity contribution in [3.05, 3.63) is 106 Å². The van der Waals surface area contributed by atoms with E-state index in [0.29, 0.717) is 37.4 Å². The van der Waals surface area contributed by atoms with E-state index in [9.17, 15) is 18.0 Å². The van der Waals surface area contributed by atoms with Crippen molar-refractivity contribution in [2.24, 2.45) is 0 Å². The van der Waals surface area contributed by atoms with Crippen molar-refractivity contribution in [1.82, 2.24) is 4.90 Å². The Hall–Kier alpha value is -3.58. The number of benzene rings is 3. The van der Waals surface area contributed by atoms with Crippen LogP contribution >= 0.6 is 0 Å². The van der Waals surface area contributed by atoms with Crippen molar-refractivity contribution in [3.63, 3.8) is 0 Å². The zero-order valence-electron chi connectivity index (χ0n) is 22.3. The first-order valence-electron chi connectivity index (χ1n) is 13.2. The van der Waals surface area contributed by atoms with Crippen LogP contribution in [0.4, 0.5) is 13.2 Å². The van der Waals surface area contributed by atoms with Gasteiger partial charge in [-0.3, -0.25) is 9.69 Å². The zero-order valence-corrected chi connectivity index (χ0v) is 22.3. The van der Waals surface area contributed by atoms with Gasteiger partial charge >= 0.3 is 12.1 Å². The first kappa shape index (κ1) is 28.4.